The lowest BCUT2D eigenvalue weighted by Crippen LogP contribution is -2.34. The second kappa shape index (κ2) is 6.46. The van der Waals surface area contributed by atoms with E-state index < -0.39 is 0 Å². The van der Waals surface area contributed by atoms with Gasteiger partial charge in [-0.3, -0.25) is 19.1 Å². The van der Waals surface area contributed by atoms with Crippen LogP contribution in [0.15, 0.2) is 59.4 Å². The first-order valence-corrected chi connectivity index (χ1v) is 9.13. The number of hydrogen-bond acceptors (Lipinski definition) is 4. The number of nitrogens with zero attached hydrogens (tertiary/aromatic N) is 2. The molecule has 1 amide bonds. The minimum Gasteiger partial charge on any atom is -0.497 e. The molecule has 2 heterocycles. The summed E-state index contributed by atoms with van der Waals surface area (Å²) in [6.07, 6.45) is 0.336. The van der Waals surface area contributed by atoms with E-state index in [0.29, 0.717) is 12.2 Å². The van der Waals surface area contributed by atoms with Crippen molar-refractivity contribution < 1.29 is 9.53 Å². The number of hydrogen-bond donors (Lipinski definition) is 0. The van der Waals surface area contributed by atoms with Crippen LogP contribution in [-0.4, -0.2) is 17.6 Å². The van der Waals surface area contributed by atoms with Crippen molar-refractivity contribution in [2.45, 2.75) is 12.3 Å². The summed E-state index contributed by atoms with van der Waals surface area (Å²) in [7, 11) is 3.32. The third-order valence-corrected chi connectivity index (χ3v) is 5.83. The first-order valence-electron chi connectivity index (χ1n) is 8.32. The van der Waals surface area contributed by atoms with Crippen LogP contribution >= 0.6 is 11.3 Å². The minimum atomic E-state index is -0.0906. The van der Waals surface area contributed by atoms with Gasteiger partial charge in [0.2, 0.25) is 5.91 Å². The van der Waals surface area contributed by atoms with Gasteiger partial charge in [0, 0.05) is 19.4 Å². The molecule has 0 aliphatic carbocycles. The van der Waals surface area contributed by atoms with E-state index in [9.17, 15) is 9.59 Å². The van der Waals surface area contributed by atoms with Gasteiger partial charge in [-0.25, -0.2) is 0 Å². The number of carbonyl (C=O) groups is 1. The first kappa shape index (κ1) is 16.6. The standard InChI is InChI=1S/C20H18N2O3S/c1-21-19-18(26-20(21)24)16(13-6-4-3-5-7-13)12-17(23)22(19)14-8-10-15(25-2)11-9-14/h3-11,16H,12H2,1-2H3/t16-/m1/s1. The lowest BCUT2D eigenvalue weighted by molar-refractivity contribution is -0.118. The molecule has 2 aromatic carbocycles. The zero-order valence-electron chi connectivity index (χ0n) is 14.5. The van der Waals surface area contributed by atoms with Gasteiger partial charge in [0.05, 0.1) is 17.7 Å². The van der Waals surface area contributed by atoms with Gasteiger partial charge in [0.15, 0.2) is 0 Å². The van der Waals surface area contributed by atoms with Gasteiger partial charge < -0.3 is 4.74 Å². The average molecular weight is 366 g/mol. The predicted octanol–water partition coefficient (Wildman–Crippen LogP) is 3.66. The number of amides is 1. The Morgan fingerprint density at radius 1 is 1.04 bits per heavy atom. The van der Waals surface area contributed by atoms with Crippen molar-refractivity contribution in [1.29, 1.82) is 0 Å². The maximum Gasteiger partial charge on any atom is 0.308 e. The SMILES string of the molecule is COc1ccc(N2C(=O)C[C@H](c3ccccc3)c3sc(=O)n(C)c32)cc1. The zero-order valence-corrected chi connectivity index (χ0v) is 15.3. The van der Waals surface area contributed by atoms with Crippen molar-refractivity contribution in [3.8, 4) is 5.75 Å². The fourth-order valence-corrected chi connectivity index (χ4v) is 4.47. The Hall–Kier alpha value is -2.86. The number of aromatic nitrogens is 1. The van der Waals surface area contributed by atoms with Gasteiger partial charge in [-0.05, 0) is 29.8 Å². The highest BCUT2D eigenvalue weighted by Crippen LogP contribution is 2.44. The number of anilines is 2. The molecule has 0 N–H and O–H groups in total. The lowest BCUT2D eigenvalue weighted by Gasteiger charge is -2.32. The highest BCUT2D eigenvalue weighted by molar-refractivity contribution is 7.10. The number of ether oxygens (including phenoxy) is 1. The molecule has 4 rings (SSSR count). The molecule has 0 spiro atoms. The van der Waals surface area contributed by atoms with Crippen LogP contribution in [0.4, 0.5) is 11.5 Å². The summed E-state index contributed by atoms with van der Waals surface area (Å²) in [4.78, 5) is 27.9. The van der Waals surface area contributed by atoms with Gasteiger partial charge in [-0.1, -0.05) is 41.7 Å². The molecular weight excluding hydrogens is 348 g/mol. The summed E-state index contributed by atoms with van der Waals surface area (Å²) in [5, 5.41) is 0. The molecule has 132 valence electrons. The van der Waals surface area contributed by atoms with E-state index in [-0.39, 0.29) is 16.7 Å². The molecule has 6 heteroatoms. The van der Waals surface area contributed by atoms with Crippen LogP contribution in [0.25, 0.3) is 0 Å². The second-order valence-electron chi connectivity index (χ2n) is 6.21. The molecule has 0 unspecified atom stereocenters. The first-order chi connectivity index (χ1) is 12.6. The van der Waals surface area contributed by atoms with Crippen molar-refractivity contribution in [3.63, 3.8) is 0 Å². The largest absolute Gasteiger partial charge is 0.497 e. The predicted molar refractivity (Wildman–Crippen MR) is 103 cm³/mol. The van der Waals surface area contributed by atoms with Crippen LogP contribution in [-0.2, 0) is 11.8 Å². The van der Waals surface area contributed by atoms with Crippen LogP contribution in [0.2, 0.25) is 0 Å². The van der Waals surface area contributed by atoms with Crippen molar-refractivity contribution in [2.75, 3.05) is 12.0 Å². The van der Waals surface area contributed by atoms with Crippen LogP contribution < -0.4 is 14.5 Å². The molecule has 0 saturated heterocycles. The molecular formula is C20H18N2O3S. The molecule has 1 aliphatic heterocycles. The Bertz CT molecular complexity index is 1010. The molecule has 0 saturated carbocycles. The summed E-state index contributed by atoms with van der Waals surface area (Å²) < 4.78 is 6.77. The summed E-state index contributed by atoms with van der Waals surface area (Å²) in [6.45, 7) is 0. The van der Waals surface area contributed by atoms with Crippen LogP contribution in [0, 0.1) is 0 Å². The van der Waals surface area contributed by atoms with Crippen LogP contribution in [0.1, 0.15) is 22.8 Å². The van der Waals surface area contributed by atoms with Crippen LogP contribution in [0.3, 0.4) is 0 Å². The normalized spacial score (nSPS) is 16.5. The molecule has 1 atom stereocenters. The second-order valence-corrected chi connectivity index (χ2v) is 7.20. The molecule has 1 aromatic heterocycles. The highest BCUT2D eigenvalue weighted by Gasteiger charge is 2.37. The highest BCUT2D eigenvalue weighted by atomic mass is 32.1. The Morgan fingerprint density at radius 2 is 1.73 bits per heavy atom. The summed E-state index contributed by atoms with van der Waals surface area (Å²) in [5.41, 5.74) is 1.79. The smallest absolute Gasteiger partial charge is 0.308 e. The fraction of sp³-hybridized carbons (Fsp3) is 0.200. The van der Waals surface area contributed by atoms with Crippen molar-refractivity contribution in [1.82, 2.24) is 4.57 Å². The fourth-order valence-electron chi connectivity index (χ4n) is 3.38. The Balaban J connectivity index is 1.86. The van der Waals surface area contributed by atoms with E-state index in [0.717, 1.165) is 21.9 Å². The average Bonchev–Trinajstić information content (AvgIpc) is 2.97. The van der Waals surface area contributed by atoms with E-state index in [1.54, 1.807) is 23.6 Å². The lowest BCUT2D eigenvalue weighted by atomic mass is 9.90. The third kappa shape index (κ3) is 2.63. The molecule has 26 heavy (non-hydrogen) atoms. The van der Waals surface area contributed by atoms with E-state index >= 15 is 0 Å². The molecule has 1 aliphatic rings. The quantitative estimate of drug-likeness (QED) is 0.711. The Labute approximate surface area is 155 Å². The number of fused-ring (bicyclic) bond motifs is 1. The zero-order chi connectivity index (χ0) is 18.3. The monoisotopic (exact) mass is 366 g/mol. The number of thiazole rings is 1. The summed E-state index contributed by atoms with van der Waals surface area (Å²) >= 11 is 1.22. The van der Waals surface area contributed by atoms with E-state index in [4.69, 9.17) is 4.74 Å². The van der Waals surface area contributed by atoms with E-state index in [2.05, 4.69) is 0 Å². The summed E-state index contributed by atoms with van der Waals surface area (Å²) in [5.74, 6) is 1.27. The topological polar surface area (TPSA) is 51.5 Å². The maximum atomic E-state index is 13.0. The van der Waals surface area contributed by atoms with Crippen LogP contribution in [0.5, 0.6) is 5.75 Å². The van der Waals surface area contributed by atoms with Gasteiger partial charge in [-0.2, -0.15) is 0 Å². The van der Waals surface area contributed by atoms with Gasteiger partial charge in [0.25, 0.3) is 0 Å². The van der Waals surface area contributed by atoms with E-state index in [1.165, 1.54) is 11.3 Å². The molecule has 5 nitrogen and oxygen atoms in total. The Kier molecular flexibility index (Phi) is 4.12. The Morgan fingerprint density at radius 3 is 2.38 bits per heavy atom. The third-order valence-electron chi connectivity index (χ3n) is 4.70. The van der Waals surface area contributed by atoms with Crippen molar-refractivity contribution in [3.05, 3.63) is 74.7 Å². The minimum absolute atomic E-state index is 0.0232. The van der Waals surface area contributed by atoms with Crippen molar-refractivity contribution >= 4 is 28.7 Å². The van der Waals surface area contributed by atoms with E-state index in [1.807, 2.05) is 54.6 Å². The molecule has 0 radical (unpaired) electrons. The molecule has 0 bridgehead atoms. The van der Waals surface area contributed by atoms with Gasteiger partial charge in [-0.15, -0.1) is 0 Å². The van der Waals surface area contributed by atoms with Crippen molar-refractivity contribution in [2.24, 2.45) is 7.05 Å². The molecule has 3 aromatic rings. The number of carbonyl (C=O) groups excluding carboxylic acids is 1. The van der Waals surface area contributed by atoms with Gasteiger partial charge in [0.1, 0.15) is 11.6 Å². The number of rotatable bonds is 3. The summed E-state index contributed by atoms with van der Waals surface area (Å²) in [6, 6.07) is 17.2. The molecule has 0 fully saturated rings. The maximum absolute atomic E-state index is 13.0. The number of methoxy groups -OCH3 is 1. The number of benzene rings is 2. The van der Waals surface area contributed by atoms with Gasteiger partial charge >= 0.3 is 4.87 Å².